The van der Waals surface area contributed by atoms with Crippen LogP contribution >= 0.6 is 0 Å². The predicted molar refractivity (Wildman–Crippen MR) is 148 cm³/mol. The number of nitrogens with one attached hydrogen (secondary N) is 1. The van der Waals surface area contributed by atoms with Gasteiger partial charge in [0.2, 0.25) is 11.9 Å². The number of aromatic nitrogens is 2. The van der Waals surface area contributed by atoms with Gasteiger partial charge in [-0.2, -0.15) is 0 Å². The minimum absolute atomic E-state index is 0.0518. The van der Waals surface area contributed by atoms with Gasteiger partial charge in [-0.1, -0.05) is 13.8 Å². The van der Waals surface area contributed by atoms with Crippen LogP contribution in [0.2, 0.25) is 0 Å². The fraction of sp³-hybridized carbons (Fsp3) is 0.778. The SMILES string of the molecule is CC(C)[C@@H](NC(=O)OC(C)(C)C)C(=O)N1CC[C@@H](N(c2ncc(B3OC(C)(C)C(C)(C)O3)cn2)C(C)C)C1. The van der Waals surface area contributed by atoms with Gasteiger partial charge in [-0.3, -0.25) is 4.79 Å². The highest BCUT2D eigenvalue weighted by molar-refractivity contribution is 6.61. The van der Waals surface area contributed by atoms with E-state index in [4.69, 9.17) is 14.0 Å². The third kappa shape index (κ3) is 6.78. The van der Waals surface area contributed by atoms with Crippen LogP contribution in [0.3, 0.4) is 0 Å². The predicted octanol–water partition coefficient (Wildman–Crippen LogP) is 3.14. The molecular formula is C27H46BN5O5. The highest BCUT2D eigenvalue weighted by Gasteiger charge is 2.52. The molecule has 2 saturated heterocycles. The first-order valence-corrected chi connectivity index (χ1v) is 13.7. The zero-order valence-corrected chi connectivity index (χ0v) is 25.0. The van der Waals surface area contributed by atoms with Crippen LogP contribution in [0, 0.1) is 5.92 Å². The average Bonchev–Trinajstić information content (AvgIpc) is 3.32. The summed E-state index contributed by atoms with van der Waals surface area (Å²) in [5.74, 6) is 0.419. The second-order valence-corrected chi connectivity index (χ2v) is 13.0. The maximum Gasteiger partial charge on any atom is 0.498 e. The Hall–Kier alpha value is -2.40. The van der Waals surface area contributed by atoms with Gasteiger partial charge in [-0.05, 0) is 74.7 Å². The first kappa shape index (κ1) is 30.2. The van der Waals surface area contributed by atoms with Gasteiger partial charge < -0.3 is 29.2 Å². The standard InChI is InChI=1S/C27H46BN5O5/c1-17(2)21(31-24(35)36-25(5,6)7)22(34)32-13-12-20(16-32)33(18(3)4)23-29-14-19(15-30-23)28-37-26(8,9)27(10,11)38-28/h14-15,17-18,20-21H,12-13,16H2,1-11H3,(H,31,35)/t20-,21-/m1/s1. The molecule has 3 heterocycles. The van der Waals surface area contributed by atoms with Gasteiger partial charge in [-0.25, -0.2) is 14.8 Å². The number of anilines is 1. The van der Waals surface area contributed by atoms with E-state index in [1.807, 2.05) is 46.4 Å². The number of amides is 2. The normalized spacial score (nSPS) is 21.7. The van der Waals surface area contributed by atoms with Crippen LogP contribution in [0.15, 0.2) is 12.4 Å². The van der Waals surface area contributed by atoms with Gasteiger partial charge in [0.25, 0.3) is 0 Å². The van der Waals surface area contributed by atoms with E-state index in [0.717, 1.165) is 11.9 Å². The van der Waals surface area contributed by atoms with E-state index < -0.39 is 36.1 Å². The molecule has 0 bridgehead atoms. The minimum Gasteiger partial charge on any atom is -0.444 e. The molecule has 2 fully saturated rings. The van der Waals surface area contributed by atoms with Crippen molar-refractivity contribution >= 4 is 30.5 Å². The van der Waals surface area contributed by atoms with Crippen molar-refractivity contribution in [3.63, 3.8) is 0 Å². The molecule has 11 heteroatoms. The van der Waals surface area contributed by atoms with E-state index in [1.54, 1.807) is 33.2 Å². The van der Waals surface area contributed by atoms with Crippen molar-refractivity contribution in [3.8, 4) is 0 Å². The summed E-state index contributed by atoms with van der Waals surface area (Å²) in [4.78, 5) is 39.1. The highest BCUT2D eigenvalue weighted by Crippen LogP contribution is 2.36. The molecule has 38 heavy (non-hydrogen) atoms. The highest BCUT2D eigenvalue weighted by atomic mass is 16.7. The van der Waals surface area contributed by atoms with Gasteiger partial charge in [-0.15, -0.1) is 0 Å². The Morgan fingerprint density at radius 3 is 2.13 bits per heavy atom. The molecular weight excluding hydrogens is 485 g/mol. The Kier molecular flexibility index (Phi) is 8.73. The van der Waals surface area contributed by atoms with Gasteiger partial charge in [0.1, 0.15) is 11.6 Å². The summed E-state index contributed by atoms with van der Waals surface area (Å²) >= 11 is 0. The topological polar surface area (TPSA) is 106 Å². The van der Waals surface area contributed by atoms with Crippen LogP contribution in [0.4, 0.5) is 10.7 Å². The fourth-order valence-corrected chi connectivity index (χ4v) is 4.70. The lowest BCUT2D eigenvalue weighted by Gasteiger charge is -2.33. The molecule has 0 aliphatic carbocycles. The molecule has 0 aromatic carbocycles. The number of hydrogen-bond donors (Lipinski definition) is 1. The summed E-state index contributed by atoms with van der Waals surface area (Å²) in [5.41, 5.74) is -0.741. The molecule has 2 aliphatic heterocycles. The molecule has 1 N–H and O–H groups in total. The number of carbonyl (C=O) groups excluding carboxylic acids is 2. The molecule has 0 radical (unpaired) electrons. The largest absolute Gasteiger partial charge is 0.498 e. The van der Waals surface area contributed by atoms with E-state index in [0.29, 0.717) is 19.0 Å². The summed E-state index contributed by atoms with van der Waals surface area (Å²) in [6.07, 6.45) is 3.72. The first-order valence-electron chi connectivity index (χ1n) is 13.7. The molecule has 0 unspecified atom stereocenters. The van der Waals surface area contributed by atoms with Crippen LogP contribution in [-0.4, -0.2) is 82.0 Å². The molecule has 2 amide bonds. The molecule has 1 aromatic heterocycles. The minimum atomic E-state index is -0.661. The van der Waals surface area contributed by atoms with E-state index in [-0.39, 0.29) is 23.9 Å². The molecule has 2 atom stereocenters. The smallest absolute Gasteiger partial charge is 0.444 e. The van der Waals surface area contributed by atoms with Crippen molar-refractivity contribution in [3.05, 3.63) is 12.4 Å². The van der Waals surface area contributed by atoms with Gasteiger partial charge in [0, 0.05) is 37.0 Å². The van der Waals surface area contributed by atoms with E-state index in [9.17, 15) is 9.59 Å². The molecule has 0 saturated carbocycles. The quantitative estimate of drug-likeness (QED) is 0.535. The third-order valence-electron chi connectivity index (χ3n) is 7.44. The van der Waals surface area contributed by atoms with Gasteiger partial charge >= 0.3 is 13.2 Å². The summed E-state index contributed by atoms with van der Waals surface area (Å²) in [6, 6.07) is -0.485. The lowest BCUT2D eigenvalue weighted by atomic mass is 9.81. The zero-order valence-electron chi connectivity index (χ0n) is 25.0. The number of rotatable bonds is 7. The van der Waals surface area contributed by atoms with E-state index in [1.165, 1.54) is 0 Å². The van der Waals surface area contributed by atoms with Crippen molar-refractivity contribution in [1.82, 2.24) is 20.2 Å². The summed E-state index contributed by atoms with van der Waals surface area (Å²) in [7, 11) is -0.522. The average molecular weight is 532 g/mol. The van der Waals surface area contributed by atoms with Crippen LogP contribution < -0.4 is 15.7 Å². The summed E-state index contributed by atoms with van der Waals surface area (Å²) in [6.45, 7) is 22.6. The van der Waals surface area contributed by atoms with Crippen molar-refractivity contribution in [2.75, 3.05) is 18.0 Å². The van der Waals surface area contributed by atoms with Crippen LogP contribution in [0.25, 0.3) is 0 Å². The van der Waals surface area contributed by atoms with Crippen molar-refractivity contribution in [2.24, 2.45) is 5.92 Å². The maximum absolute atomic E-state index is 13.4. The lowest BCUT2D eigenvalue weighted by molar-refractivity contribution is -0.133. The first-order chi connectivity index (χ1) is 17.4. The Bertz CT molecular complexity index is 977. The monoisotopic (exact) mass is 531 g/mol. The van der Waals surface area contributed by atoms with Gasteiger partial charge in [0.15, 0.2) is 0 Å². The van der Waals surface area contributed by atoms with Crippen LogP contribution in [0.5, 0.6) is 0 Å². The Morgan fingerprint density at radius 1 is 1.11 bits per heavy atom. The van der Waals surface area contributed by atoms with Crippen molar-refractivity contribution in [2.45, 2.75) is 118 Å². The molecule has 2 aliphatic rings. The molecule has 212 valence electrons. The molecule has 3 rings (SSSR count). The number of carbonyl (C=O) groups is 2. The van der Waals surface area contributed by atoms with E-state index in [2.05, 4.69) is 34.0 Å². The Labute approximate surface area is 228 Å². The Morgan fingerprint density at radius 2 is 1.66 bits per heavy atom. The molecule has 0 spiro atoms. The van der Waals surface area contributed by atoms with Crippen LogP contribution in [-0.2, 0) is 18.8 Å². The third-order valence-corrected chi connectivity index (χ3v) is 7.44. The number of likely N-dealkylation sites (tertiary alicyclic amines) is 1. The number of alkyl carbamates (subject to hydrolysis) is 1. The number of hydrogen-bond acceptors (Lipinski definition) is 8. The summed E-state index contributed by atoms with van der Waals surface area (Å²) in [5, 5.41) is 2.78. The second-order valence-electron chi connectivity index (χ2n) is 13.0. The van der Waals surface area contributed by atoms with Crippen LogP contribution in [0.1, 0.15) is 82.6 Å². The van der Waals surface area contributed by atoms with Crippen molar-refractivity contribution in [1.29, 1.82) is 0 Å². The maximum atomic E-state index is 13.4. The number of ether oxygens (including phenoxy) is 1. The zero-order chi connectivity index (χ0) is 28.6. The number of nitrogens with zero attached hydrogens (tertiary/aromatic N) is 4. The fourth-order valence-electron chi connectivity index (χ4n) is 4.70. The van der Waals surface area contributed by atoms with Crippen molar-refractivity contribution < 1.29 is 23.6 Å². The van der Waals surface area contributed by atoms with E-state index >= 15 is 0 Å². The molecule has 1 aromatic rings. The molecule has 10 nitrogen and oxygen atoms in total. The summed E-state index contributed by atoms with van der Waals surface area (Å²) < 4.78 is 17.7. The van der Waals surface area contributed by atoms with Gasteiger partial charge in [0.05, 0.1) is 17.2 Å². The second kappa shape index (κ2) is 11.0. The Balaban J connectivity index is 1.70. The lowest BCUT2D eigenvalue weighted by Crippen LogP contribution is -2.52.